The predicted molar refractivity (Wildman–Crippen MR) is 95.3 cm³/mol. The smallest absolute Gasteiger partial charge is 0.232 e. The first-order valence-electron chi connectivity index (χ1n) is 8.20. The molecule has 1 amide bonds. The summed E-state index contributed by atoms with van der Waals surface area (Å²) in [6, 6.07) is 5.88. The Labute approximate surface area is 140 Å². The van der Waals surface area contributed by atoms with Crippen LogP contribution in [-0.4, -0.2) is 33.7 Å². The average Bonchev–Trinajstić information content (AvgIpc) is 2.50. The number of carbonyl (C=O) groups excluding carboxylic acids is 1. The normalized spacial score (nSPS) is 11.3. The maximum atomic E-state index is 12.3. The minimum absolute atomic E-state index is 0.0413. The fourth-order valence-corrected chi connectivity index (χ4v) is 3.58. The van der Waals surface area contributed by atoms with Crippen molar-refractivity contribution in [1.29, 1.82) is 0 Å². The van der Waals surface area contributed by atoms with Crippen LogP contribution in [0.4, 0.5) is 5.69 Å². The van der Waals surface area contributed by atoms with Crippen molar-refractivity contribution in [2.75, 3.05) is 23.7 Å². The number of para-hydroxylation sites is 1. The summed E-state index contributed by atoms with van der Waals surface area (Å²) < 4.78 is 26.0. The van der Waals surface area contributed by atoms with Gasteiger partial charge >= 0.3 is 0 Å². The van der Waals surface area contributed by atoms with Crippen molar-refractivity contribution in [1.82, 2.24) is 5.32 Å². The first kappa shape index (κ1) is 19.5. The van der Waals surface area contributed by atoms with Crippen LogP contribution in [0, 0.1) is 0 Å². The summed E-state index contributed by atoms with van der Waals surface area (Å²) in [7, 11) is -3.41. The van der Waals surface area contributed by atoms with Crippen molar-refractivity contribution >= 4 is 21.6 Å². The minimum Gasteiger partial charge on any atom is -0.354 e. The molecule has 1 rings (SSSR count). The number of anilines is 1. The Morgan fingerprint density at radius 2 is 1.70 bits per heavy atom. The topological polar surface area (TPSA) is 66.5 Å². The lowest BCUT2D eigenvalue weighted by Gasteiger charge is -2.27. The summed E-state index contributed by atoms with van der Waals surface area (Å²) in [4.78, 5) is 11.6. The molecule has 0 heterocycles. The molecule has 0 saturated heterocycles. The molecule has 0 aliphatic carbocycles. The lowest BCUT2D eigenvalue weighted by atomic mass is 10.0. The van der Waals surface area contributed by atoms with Crippen molar-refractivity contribution in [2.24, 2.45) is 0 Å². The van der Waals surface area contributed by atoms with Crippen LogP contribution in [0.15, 0.2) is 18.2 Å². The number of sulfonamides is 1. The molecule has 0 unspecified atom stereocenters. The molecule has 0 aliphatic heterocycles. The lowest BCUT2D eigenvalue weighted by Crippen LogP contribution is -2.39. The zero-order valence-electron chi connectivity index (χ0n) is 14.6. The molecule has 1 N–H and O–H groups in total. The molecule has 0 atom stereocenters. The summed E-state index contributed by atoms with van der Waals surface area (Å²) in [5.41, 5.74) is 2.79. The van der Waals surface area contributed by atoms with Gasteiger partial charge in [0.2, 0.25) is 15.9 Å². The number of nitrogens with zero attached hydrogens (tertiary/aromatic N) is 1. The van der Waals surface area contributed by atoms with Gasteiger partial charge in [-0.1, -0.05) is 39.0 Å². The predicted octanol–water partition coefficient (Wildman–Crippen LogP) is 2.49. The molecule has 1 aromatic rings. The molecule has 0 radical (unpaired) electrons. The number of benzene rings is 1. The van der Waals surface area contributed by atoms with Gasteiger partial charge in [0.15, 0.2) is 0 Å². The molecule has 0 aliphatic rings. The number of aryl methyl sites for hydroxylation is 2. The fourth-order valence-electron chi connectivity index (χ4n) is 2.59. The summed E-state index contributed by atoms with van der Waals surface area (Å²) in [5.74, 6) is -0.0413. The Morgan fingerprint density at radius 3 is 2.13 bits per heavy atom. The van der Waals surface area contributed by atoms with Crippen LogP contribution in [0.2, 0.25) is 0 Å². The number of amides is 1. The number of carbonyl (C=O) groups is 1. The maximum Gasteiger partial charge on any atom is 0.232 e. The summed E-state index contributed by atoms with van der Waals surface area (Å²) >= 11 is 0. The fraction of sp³-hybridized carbons (Fsp3) is 0.588. The van der Waals surface area contributed by atoms with Gasteiger partial charge in [0.1, 0.15) is 0 Å². The van der Waals surface area contributed by atoms with E-state index in [0.717, 1.165) is 36.1 Å². The first-order chi connectivity index (χ1) is 10.8. The van der Waals surface area contributed by atoms with Crippen LogP contribution in [-0.2, 0) is 27.7 Å². The lowest BCUT2D eigenvalue weighted by molar-refractivity contribution is -0.121. The SMILES string of the molecule is CCCC(=O)NCCN(c1c(CC)cccc1CC)S(C)(=O)=O. The van der Waals surface area contributed by atoms with Gasteiger partial charge in [0.05, 0.1) is 18.5 Å². The molecule has 23 heavy (non-hydrogen) atoms. The Hall–Kier alpha value is -1.56. The zero-order valence-corrected chi connectivity index (χ0v) is 15.4. The van der Waals surface area contributed by atoms with Crippen LogP contribution in [0.25, 0.3) is 0 Å². The van der Waals surface area contributed by atoms with Gasteiger partial charge in [0.25, 0.3) is 0 Å². The van der Waals surface area contributed by atoms with E-state index in [0.29, 0.717) is 13.0 Å². The maximum absolute atomic E-state index is 12.3. The summed E-state index contributed by atoms with van der Waals surface area (Å²) in [6.45, 7) is 6.53. The number of nitrogens with one attached hydrogen (secondary N) is 1. The molecule has 0 fully saturated rings. The van der Waals surface area contributed by atoms with Crippen LogP contribution in [0.3, 0.4) is 0 Å². The van der Waals surface area contributed by atoms with Gasteiger partial charge in [-0.25, -0.2) is 8.42 Å². The first-order valence-corrected chi connectivity index (χ1v) is 10.0. The van der Waals surface area contributed by atoms with Gasteiger partial charge in [-0.3, -0.25) is 9.10 Å². The molecule has 0 bridgehead atoms. The molecule has 0 saturated carbocycles. The van der Waals surface area contributed by atoms with Gasteiger partial charge in [0, 0.05) is 13.0 Å². The van der Waals surface area contributed by atoms with Gasteiger partial charge in [-0.05, 0) is 30.4 Å². The highest BCUT2D eigenvalue weighted by Crippen LogP contribution is 2.28. The minimum atomic E-state index is -3.41. The Kier molecular flexibility index (Phi) is 7.55. The van der Waals surface area contributed by atoms with Crippen LogP contribution < -0.4 is 9.62 Å². The van der Waals surface area contributed by atoms with E-state index in [1.54, 1.807) is 0 Å². The van der Waals surface area contributed by atoms with E-state index in [2.05, 4.69) is 5.32 Å². The van der Waals surface area contributed by atoms with E-state index in [4.69, 9.17) is 0 Å². The van der Waals surface area contributed by atoms with Crippen LogP contribution in [0.1, 0.15) is 44.7 Å². The van der Waals surface area contributed by atoms with Crippen molar-refractivity contribution in [3.05, 3.63) is 29.3 Å². The Morgan fingerprint density at radius 1 is 1.13 bits per heavy atom. The highest BCUT2D eigenvalue weighted by molar-refractivity contribution is 7.92. The Bertz CT molecular complexity index is 604. The third-order valence-corrected chi connectivity index (χ3v) is 4.89. The number of rotatable bonds is 9. The molecular formula is C17H28N2O3S. The van der Waals surface area contributed by atoms with Crippen molar-refractivity contribution in [2.45, 2.75) is 46.5 Å². The van der Waals surface area contributed by atoms with Gasteiger partial charge < -0.3 is 5.32 Å². The third-order valence-electron chi connectivity index (χ3n) is 3.73. The second-order valence-corrected chi connectivity index (χ2v) is 7.47. The van der Waals surface area contributed by atoms with E-state index >= 15 is 0 Å². The highest BCUT2D eigenvalue weighted by atomic mass is 32.2. The van der Waals surface area contributed by atoms with Crippen molar-refractivity contribution < 1.29 is 13.2 Å². The van der Waals surface area contributed by atoms with E-state index in [1.807, 2.05) is 39.0 Å². The summed E-state index contributed by atoms with van der Waals surface area (Å²) in [5, 5.41) is 2.79. The van der Waals surface area contributed by atoms with E-state index < -0.39 is 10.0 Å². The largest absolute Gasteiger partial charge is 0.354 e. The van der Waals surface area contributed by atoms with Crippen LogP contribution >= 0.6 is 0 Å². The van der Waals surface area contributed by atoms with Crippen molar-refractivity contribution in [3.63, 3.8) is 0 Å². The van der Waals surface area contributed by atoms with E-state index in [-0.39, 0.29) is 12.5 Å². The molecule has 0 spiro atoms. The quantitative estimate of drug-likeness (QED) is 0.751. The Balaban J connectivity index is 3.07. The number of hydrogen-bond acceptors (Lipinski definition) is 3. The van der Waals surface area contributed by atoms with Crippen LogP contribution in [0.5, 0.6) is 0 Å². The average molecular weight is 340 g/mol. The second kappa shape index (κ2) is 8.91. The monoisotopic (exact) mass is 340 g/mol. The summed E-state index contributed by atoms with van der Waals surface area (Å²) in [6.07, 6.45) is 3.98. The molecule has 0 aromatic heterocycles. The van der Waals surface area contributed by atoms with Gasteiger partial charge in [-0.2, -0.15) is 0 Å². The van der Waals surface area contributed by atoms with Crippen molar-refractivity contribution in [3.8, 4) is 0 Å². The molecule has 5 nitrogen and oxygen atoms in total. The molecular weight excluding hydrogens is 312 g/mol. The molecule has 1 aromatic carbocycles. The molecule has 6 heteroatoms. The van der Waals surface area contributed by atoms with E-state index in [1.165, 1.54) is 10.6 Å². The third kappa shape index (κ3) is 5.53. The standard InChI is InChI=1S/C17H28N2O3S/c1-5-9-16(20)18-12-13-19(23(4,21)22)17-14(6-2)10-8-11-15(17)7-3/h8,10-11H,5-7,9,12-13H2,1-4H3,(H,18,20). The van der Waals surface area contributed by atoms with Gasteiger partial charge in [-0.15, -0.1) is 0 Å². The van der Waals surface area contributed by atoms with E-state index in [9.17, 15) is 13.2 Å². The second-order valence-electron chi connectivity index (χ2n) is 5.57. The molecule has 130 valence electrons. The zero-order chi connectivity index (χ0) is 17.5. The highest BCUT2D eigenvalue weighted by Gasteiger charge is 2.22. The number of hydrogen-bond donors (Lipinski definition) is 1.